The Kier molecular flexibility index (Phi) is 6.86. The first kappa shape index (κ1) is 26.0. The van der Waals surface area contributed by atoms with Gasteiger partial charge in [0.25, 0.3) is 0 Å². The van der Waals surface area contributed by atoms with E-state index in [0.717, 1.165) is 46.2 Å². The summed E-state index contributed by atoms with van der Waals surface area (Å²) in [6.07, 6.45) is 1.60. The third-order valence-electron chi connectivity index (χ3n) is 7.39. The normalized spacial score (nSPS) is 14.3. The topological polar surface area (TPSA) is 170 Å². The molecular weight excluding hydrogens is 492 g/mol. The number of nitrogens with two attached hydrogens (primary N) is 2. The summed E-state index contributed by atoms with van der Waals surface area (Å²) in [5.74, 6) is -0.0110. The van der Waals surface area contributed by atoms with Gasteiger partial charge in [-0.15, -0.1) is 0 Å². The van der Waals surface area contributed by atoms with Crippen molar-refractivity contribution in [1.29, 1.82) is 10.8 Å². The van der Waals surface area contributed by atoms with E-state index in [1.54, 1.807) is 6.07 Å². The van der Waals surface area contributed by atoms with Crippen molar-refractivity contribution in [2.75, 3.05) is 18.4 Å². The van der Waals surface area contributed by atoms with Crippen LogP contribution in [0.15, 0.2) is 48.5 Å². The van der Waals surface area contributed by atoms with Crippen LogP contribution in [0, 0.1) is 10.8 Å². The van der Waals surface area contributed by atoms with Crippen LogP contribution in [0.2, 0.25) is 0 Å². The monoisotopic (exact) mass is 526 g/mol. The Balaban J connectivity index is 1.54. The molecule has 5 rings (SSSR count). The van der Waals surface area contributed by atoms with Gasteiger partial charge >= 0.3 is 5.97 Å². The Bertz CT molecular complexity index is 1600. The number of hydrogen-bond acceptors (Lipinski definition) is 5. The highest BCUT2D eigenvalue weighted by Crippen LogP contribution is 2.30. The smallest absolute Gasteiger partial charge is 0.338 e. The van der Waals surface area contributed by atoms with Gasteiger partial charge < -0.3 is 31.4 Å². The zero-order chi connectivity index (χ0) is 27.8. The Labute approximate surface area is 226 Å². The van der Waals surface area contributed by atoms with Crippen LogP contribution in [0.3, 0.4) is 0 Å². The summed E-state index contributed by atoms with van der Waals surface area (Å²) in [5.41, 5.74) is 15.2. The van der Waals surface area contributed by atoms with Gasteiger partial charge in [0.15, 0.2) is 5.96 Å². The van der Waals surface area contributed by atoms with Crippen LogP contribution in [0.4, 0.5) is 5.69 Å². The highest BCUT2D eigenvalue weighted by atomic mass is 16.4. The molecule has 0 saturated carbocycles. The SMILES string of the molecule is CC(C)c1nc2c(C(=O)O)cc(NC3CCN(C(=N)N)CC3)cc2n1Cc1ccc2ccc(C(=N)N)cc2c1. The molecule has 4 aromatic rings. The number of carbonyl (C=O) groups is 1. The molecule has 8 N–H and O–H groups in total. The van der Waals surface area contributed by atoms with Crippen molar-refractivity contribution in [2.45, 2.75) is 45.2 Å². The lowest BCUT2D eigenvalue weighted by Crippen LogP contribution is -2.45. The van der Waals surface area contributed by atoms with Crippen molar-refractivity contribution >= 4 is 45.3 Å². The number of amidine groups is 1. The Morgan fingerprint density at radius 3 is 2.44 bits per heavy atom. The number of hydrogen-bond donors (Lipinski definition) is 6. The second kappa shape index (κ2) is 10.3. The minimum atomic E-state index is -1.02. The molecule has 2 heterocycles. The summed E-state index contributed by atoms with van der Waals surface area (Å²) in [6.45, 7) is 6.00. The minimum Gasteiger partial charge on any atom is -0.478 e. The molecule has 0 bridgehead atoms. The highest BCUT2D eigenvalue weighted by Gasteiger charge is 2.23. The van der Waals surface area contributed by atoms with E-state index in [9.17, 15) is 9.90 Å². The molecule has 0 amide bonds. The van der Waals surface area contributed by atoms with Crippen molar-refractivity contribution in [3.8, 4) is 0 Å². The van der Waals surface area contributed by atoms with E-state index < -0.39 is 5.97 Å². The maximum absolute atomic E-state index is 12.3. The summed E-state index contributed by atoms with van der Waals surface area (Å²) < 4.78 is 2.10. The third-order valence-corrected chi connectivity index (χ3v) is 7.39. The lowest BCUT2D eigenvalue weighted by molar-refractivity contribution is 0.0699. The molecule has 0 radical (unpaired) electrons. The molecule has 1 fully saturated rings. The Morgan fingerprint density at radius 1 is 1.08 bits per heavy atom. The van der Waals surface area contributed by atoms with Gasteiger partial charge in [0.2, 0.25) is 0 Å². The molecular formula is C29H34N8O2. The van der Waals surface area contributed by atoms with Gasteiger partial charge in [-0.3, -0.25) is 10.8 Å². The fourth-order valence-corrected chi connectivity index (χ4v) is 5.34. The number of fused-ring (bicyclic) bond motifs is 2. The predicted molar refractivity (Wildman–Crippen MR) is 155 cm³/mol. The average molecular weight is 527 g/mol. The molecule has 0 unspecified atom stereocenters. The lowest BCUT2D eigenvalue weighted by Gasteiger charge is -2.33. The third kappa shape index (κ3) is 5.22. The van der Waals surface area contributed by atoms with Crippen molar-refractivity contribution in [3.05, 3.63) is 71.0 Å². The van der Waals surface area contributed by atoms with Gasteiger partial charge in [-0.05, 0) is 53.4 Å². The molecule has 0 spiro atoms. The number of carboxylic acids is 1. The largest absolute Gasteiger partial charge is 0.478 e. The van der Waals surface area contributed by atoms with Gasteiger partial charge in [0.05, 0.1) is 11.1 Å². The molecule has 1 saturated heterocycles. The lowest BCUT2D eigenvalue weighted by atomic mass is 10.0. The van der Waals surface area contributed by atoms with Crippen LogP contribution in [-0.4, -0.2) is 56.5 Å². The van der Waals surface area contributed by atoms with Crippen LogP contribution < -0.4 is 16.8 Å². The summed E-state index contributed by atoms with van der Waals surface area (Å²) in [4.78, 5) is 19.0. The zero-order valence-corrected chi connectivity index (χ0v) is 22.2. The molecule has 1 aromatic heterocycles. The summed E-state index contributed by atoms with van der Waals surface area (Å²) in [6, 6.07) is 15.7. The predicted octanol–water partition coefficient (Wildman–Crippen LogP) is 4.11. The summed E-state index contributed by atoms with van der Waals surface area (Å²) >= 11 is 0. The number of piperidine rings is 1. The molecule has 10 heteroatoms. The Hall–Kier alpha value is -4.60. The van der Waals surface area contributed by atoms with Crippen LogP contribution >= 0.6 is 0 Å². The number of likely N-dealkylation sites (tertiary alicyclic amines) is 1. The van der Waals surface area contributed by atoms with Crippen LogP contribution in [-0.2, 0) is 6.54 Å². The standard InChI is InChI=1S/C29H34N8O2/c1-16(2)27-35-25-23(28(38)39)13-22(34-21-7-9-36(10-8-21)29(32)33)14-24(25)37(27)15-17-3-4-18-5-6-19(26(30)31)12-20(18)11-17/h3-6,11-14,16,21,34H,7-10,15H2,1-2H3,(H3,30,31)(H3,32,33)(H,38,39). The van der Waals surface area contributed by atoms with Crippen molar-refractivity contribution < 1.29 is 9.90 Å². The first-order chi connectivity index (χ1) is 18.6. The van der Waals surface area contributed by atoms with Gasteiger partial charge in [-0.1, -0.05) is 38.1 Å². The second-order valence-corrected chi connectivity index (χ2v) is 10.5. The van der Waals surface area contributed by atoms with Gasteiger partial charge in [0, 0.05) is 42.8 Å². The minimum absolute atomic E-state index is 0.0261. The molecule has 39 heavy (non-hydrogen) atoms. The molecule has 3 aromatic carbocycles. The number of imidazole rings is 1. The van der Waals surface area contributed by atoms with Crippen molar-refractivity contribution in [1.82, 2.24) is 14.5 Å². The van der Waals surface area contributed by atoms with E-state index in [4.69, 9.17) is 27.3 Å². The van der Waals surface area contributed by atoms with Crippen LogP contribution in [0.25, 0.3) is 21.8 Å². The number of nitrogens with one attached hydrogen (secondary N) is 3. The first-order valence-electron chi connectivity index (χ1n) is 13.1. The van der Waals surface area contributed by atoms with E-state index in [0.29, 0.717) is 30.7 Å². The number of anilines is 1. The van der Waals surface area contributed by atoms with Crippen molar-refractivity contribution in [3.63, 3.8) is 0 Å². The number of rotatable bonds is 7. The summed E-state index contributed by atoms with van der Waals surface area (Å²) in [5, 5.41) is 31.1. The zero-order valence-electron chi connectivity index (χ0n) is 22.2. The fraction of sp³-hybridized carbons (Fsp3) is 0.310. The number of benzene rings is 3. The molecule has 10 nitrogen and oxygen atoms in total. The molecule has 1 aliphatic rings. The number of carboxylic acid groups (broad SMARTS) is 1. The van der Waals surface area contributed by atoms with E-state index in [2.05, 4.69) is 35.9 Å². The molecule has 0 atom stereocenters. The van der Waals surface area contributed by atoms with E-state index >= 15 is 0 Å². The molecule has 0 aliphatic carbocycles. The van der Waals surface area contributed by atoms with Crippen LogP contribution in [0.5, 0.6) is 0 Å². The van der Waals surface area contributed by atoms with Gasteiger partial charge in [-0.25, -0.2) is 9.78 Å². The summed E-state index contributed by atoms with van der Waals surface area (Å²) in [7, 11) is 0. The molecule has 1 aliphatic heterocycles. The van der Waals surface area contributed by atoms with Crippen LogP contribution in [0.1, 0.15) is 59.9 Å². The number of aromatic carboxylic acids is 1. The van der Waals surface area contributed by atoms with Crippen molar-refractivity contribution in [2.24, 2.45) is 11.5 Å². The fourth-order valence-electron chi connectivity index (χ4n) is 5.34. The van der Waals surface area contributed by atoms with E-state index in [1.807, 2.05) is 35.2 Å². The van der Waals surface area contributed by atoms with E-state index in [-0.39, 0.29) is 29.3 Å². The highest BCUT2D eigenvalue weighted by molar-refractivity contribution is 6.03. The second-order valence-electron chi connectivity index (χ2n) is 10.5. The number of nitrogens with zero attached hydrogens (tertiary/aromatic N) is 3. The van der Waals surface area contributed by atoms with Gasteiger partial charge in [0.1, 0.15) is 17.2 Å². The number of nitrogen functional groups attached to an aromatic ring is 1. The maximum Gasteiger partial charge on any atom is 0.338 e. The average Bonchev–Trinajstić information content (AvgIpc) is 3.26. The Morgan fingerprint density at radius 2 is 1.79 bits per heavy atom. The quantitative estimate of drug-likeness (QED) is 0.155. The number of guanidine groups is 1. The number of aromatic nitrogens is 2. The maximum atomic E-state index is 12.3. The van der Waals surface area contributed by atoms with Gasteiger partial charge in [-0.2, -0.15) is 0 Å². The molecule has 202 valence electrons. The first-order valence-corrected chi connectivity index (χ1v) is 13.1. The van der Waals surface area contributed by atoms with E-state index in [1.165, 1.54) is 0 Å².